The predicted molar refractivity (Wildman–Crippen MR) is 76.7 cm³/mol. The lowest BCUT2D eigenvalue weighted by atomic mass is 10.0. The quantitative estimate of drug-likeness (QED) is 0.666. The van der Waals surface area contributed by atoms with E-state index in [1.165, 1.54) is 0 Å². The molecule has 5 nitrogen and oxygen atoms in total. The molecule has 20 heavy (non-hydrogen) atoms. The molecule has 1 atom stereocenters. The van der Waals surface area contributed by atoms with Crippen LogP contribution in [0.15, 0.2) is 24.3 Å². The van der Waals surface area contributed by atoms with Crippen LogP contribution in [0.2, 0.25) is 0 Å². The van der Waals surface area contributed by atoms with Crippen molar-refractivity contribution < 1.29 is 14.6 Å². The van der Waals surface area contributed by atoms with Crippen LogP contribution in [0.1, 0.15) is 30.9 Å². The van der Waals surface area contributed by atoms with Crippen LogP contribution in [-0.4, -0.2) is 31.4 Å². The Hall–Kier alpha value is -1.75. The van der Waals surface area contributed by atoms with E-state index in [-0.39, 0.29) is 18.7 Å². The van der Waals surface area contributed by atoms with Gasteiger partial charge in [-0.05, 0) is 42.9 Å². The summed E-state index contributed by atoms with van der Waals surface area (Å²) >= 11 is 0. The number of aliphatic hydroxyl groups excluding tert-OH is 1. The van der Waals surface area contributed by atoms with E-state index >= 15 is 0 Å². The molecule has 0 heterocycles. The third-order valence-corrected chi connectivity index (χ3v) is 3.48. The number of amides is 2. The molecule has 110 valence electrons. The van der Waals surface area contributed by atoms with E-state index in [2.05, 4.69) is 10.6 Å². The lowest BCUT2D eigenvalue weighted by molar-refractivity contribution is 0.233. The fourth-order valence-corrected chi connectivity index (χ4v) is 2.19. The molecule has 1 aromatic rings. The van der Waals surface area contributed by atoms with Crippen LogP contribution in [-0.2, 0) is 0 Å². The molecule has 1 unspecified atom stereocenters. The summed E-state index contributed by atoms with van der Waals surface area (Å²) in [5, 5.41) is 14.5. The van der Waals surface area contributed by atoms with Gasteiger partial charge in [-0.2, -0.15) is 0 Å². The number of ether oxygens (including phenoxy) is 1. The Kier molecular flexibility index (Phi) is 5.24. The summed E-state index contributed by atoms with van der Waals surface area (Å²) in [6.45, 7) is 0.577. The Morgan fingerprint density at radius 2 is 2.10 bits per heavy atom. The molecule has 1 fully saturated rings. The van der Waals surface area contributed by atoms with Crippen molar-refractivity contribution in [1.29, 1.82) is 0 Å². The van der Waals surface area contributed by atoms with Gasteiger partial charge in [0, 0.05) is 13.2 Å². The van der Waals surface area contributed by atoms with Gasteiger partial charge in [0.25, 0.3) is 0 Å². The molecule has 0 aromatic heterocycles. The number of carbonyl (C=O) groups is 1. The van der Waals surface area contributed by atoms with Gasteiger partial charge in [-0.3, -0.25) is 0 Å². The van der Waals surface area contributed by atoms with E-state index in [0.29, 0.717) is 18.9 Å². The highest BCUT2D eigenvalue weighted by Gasteiger charge is 2.33. The molecule has 0 bridgehead atoms. The van der Waals surface area contributed by atoms with Crippen LogP contribution in [0.3, 0.4) is 0 Å². The van der Waals surface area contributed by atoms with Gasteiger partial charge in [-0.1, -0.05) is 12.1 Å². The van der Waals surface area contributed by atoms with E-state index in [1.54, 1.807) is 7.11 Å². The highest BCUT2D eigenvalue weighted by atomic mass is 16.5. The highest BCUT2D eigenvalue weighted by Crippen LogP contribution is 2.41. The first-order chi connectivity index (χ1) is 9.74. The van der Waals surface area contributed by atoms with Gasteiger partial charge in [0.2, 0.25) is 0 Å². The molecule has 0 spiro atoms. The van der Waals surface area contributed by atoms with Crippen molar-refractivity contribution in [3.8, 4) is 5.75 Å². The maximum Gasteiger partial charge on any atom is 0.315 e. The smallest absolute Gasteiger partial charge is 0.315 e. The number of aliphatic hydroxyl groups is 1. The Labute approximate surface area is 119 Å². The zero-order chi connectivity index (χ0) is 14.4. The Morgan fingerprint density at radius 1 is 1.40 bits per heavy atom. The highest BCUT2D eigenvalue weighted by molar-refractivity contribution is 5.74. The zero-order valence-corrected chi connectivity index (χ0v) is 11.8. The standard InChI is InChI=1S/C15H22N2O3/c1-20-13-7-5-12(6-8-13)14(11-3-4-11)17-15(19)16-9-2-10-18/h5-8,11,14,18H,2-4,9-10H2,1H3,(H2,16,17,19). The van der Waals surface area contributed by atoms with Crippen LogP contribution in [0, 0.1) is 5.92 Å². The number of carbonyl (C=O) groups excluding carboxylic acids is 1. The fourth-order valence-electron chi connectivity index (χ4n) is 2.19. The molecule has 0 radical (unpaired) electrons. The molecule has 0 aliphatic heterocycles. The van der Waals surface area contributed by atoms with E-state index in [0.717, 1.165) is 24.2 Å². The van der Waals surface area contributed by atoms with Crippen LogP contribution in [0.4, 0.5) is 4.79 Å². The molecule has 1 aromatic carbocycles. The summed E-state index contributed by atoms with van der Waals surface area (Å²) < 4.78 is 5.15. The maximum absolute atomic E-state index is 11.8. The van der Waals surface area contributed by atoms with Crippen molar-refractivity contribution in [1.82, 2.24) is 10.6 Å². The van der Waals surface area contributed by atoms with Gasteiger partial charge in [-0.25, -0.2) is 4.79 Å². The van der Waals surface area contributed by atoms with Crippen LogP contribution < -0.4 is 15.4 Å². The van der Waals surface area contributed by atoms with Crippen molar-refractivity contribution >= 4 is 6.03 Å². The Balaban J connectivity index is 1.94. The first-order valence-electron chi connectivity index (χ1n) is 7.03. The minimum atomic E-state index is -0.175. The molecule has 0 saturated heterocycles. The molecule has 1 saturated carbocycles. The largest absolute Gasteiger partial charge is 0.497 e. The monoisotopic (exact) mass is 278 g/mol. The first kappa shape index (κ1) is 14.7. The lowest BCUT2D eigenvalue weighted by Gasteiger charge is -2.19. The van der Waals surface area contributed by atoms with Gasteiger partial charge in [0.15, 0.2) is 0 Å². The topological polar surface area (TPSA) is 70.6 Å². The summed E-state index contributed by atoms with van der Waals surface area (Å²) in [5.74, 6) is 1.34. The van der Waals surface area contributed by atoms with Crippen molar-refractivity contribution in [2.24, 2.45) is 5.92 Å². The molecule has 1 aliphatic carbocycles. The van der Waals surface area contributed by atoms with Crippen LogP contribution in [0.5, 0.6) is 5.75 Å². The minimum absolute atomic E-state index is 0.0510. The summed E-state index contributed by atoms with van der Waals surface area (Å²) in [7, 11) is 1.64. The van der Waals surface area contributed by atoms with Crippen molar-refractivity contribution in [2.45, 2.75) is 25.3 Å². The number of benzene rings is 1. The van der Waals surface area contributed by atoms with Crippen molar-refractivity contribution in [2.75, 3.05) is 20.3 Å². The molecular formula is C15H22N2O3. The van der Waals surface area contributed by atoms with Crippen molar-refractivity contribution in [3.63, 3.8) is 0 Å². The summed E-state index contributed by atoms with van der Waals surface area (Å²) in [6.07, 6.45) is 2.87. The number of hydrogen-bond donors (Lipinski definition) is 3. The molecule has 2 amide bonds. The van der Waals surface area contributed by atoms with Crippen LogP contribution in [0.25, 0.3) is 0 Å². The molecular weight excluding hydrogens is 256 g/mol. The summed E-state index contributed by atoms with van der Waals surface area (Å²) in [6, 6.07) is 7.69. The number of methoxy groups -OCH3 is 1. The SMILES string of the molecule is COc1ccc(C(NC(=O)NCCCO)C2CC2)cc1. The lowest BCUT2D eigenvalue weighted by Crippen LogP contribution is -2.39. The second-order valence-corrected chi connectivity index (χ2v) is 5.07. The Bertz CT molecular complexity index is 429. The normalized spacial score (nSPS) is 15.5. The van der Waals surface area contributed by atoms with Crippen molar-refractivity contribution in [3.05, 3.63) is 29.8 Å². The number of hydrogen-bond acceptors (Lipinski definition) is 3. The van der Waals surface area contributed by atoms with Gasteiger partial charge < -0.3 is 20.5 Å². The minimum Gasteiger partial charge on any atom is -0.497 e. The van der Waals surface area contributed by atoms with Gasteiger partial charge in [-0.15, -0.1) is 0 Å². The number of urea groups is 1. The average Bonchev–Trinajstić information content (AvgIpc) is 3.30. The van der Waals surface area contributed by atoms with Gasteiger partial charge >= 0.3 is 6.03 Å². The van der Waals surface area contributed by atoms with Crippen LogP contribution >= 0.6 is 0 Å². The van der Waals surface area contributed by atoms with Gasteiger partial charge in [0.1, 0.15) is 5.75 Å². The summed E-state index contributed by atoms with van der Waals surface area (Å²) in [5.41, 5.74) is 1.10. The first-order valence-corrected chi connectivity index (χ1v) is 7.03. The number of nitrogens with one attached hydrogen (secondary N) is 2. The molecule has 1 aliphatic rings. The predicted octanol–water partition coefficient (Wildman–Crippen LogP) is 1.83. The molecule has 5 heteroatoms. The van der Waals surface area contributed by atoms with Gasteiger partial charge in [0.05, 0.1) is 13.2 Å². The molecule has 2 rings (SSSR count). The van der Waals surface area contributed by atoms with E-state index in [4.69, 9.17) is 9.84 Å². The number of rotatable bonds is 7. The maximum atomic E-state index is 11.8. The second-order valence-electron chi connectivity index (χ2n) is 5.07. The zero-order valence-electron chi connectivity index (χ0n) is 11.8. The average molecular weight is 278 g/mol. The third-order valence-electron chi connectivity index (χ3n) is 3.48. The second kappa shape index (κ2) is 7.14. The third kappa shape index (κ3) is 4.13. The summed E-state index contributed by atoms with van der Waals surface area (Å²) in [4.78, 5) is 11.8. The Morgan fingerprint density at radius 3 is 2.65 bits per heavy atom. The van der Waals surface area contributed by atoms with E-state index < -0.39 is 0 Å². The van der Waals surface area contributed by atoms with E-state index in [9.17, 15) is 4.79 Å². The van der Waals surface area contributed by atoms with E-state index in [1.807, 2.05) is 24.3 Å². The fraction of sp³-hybridized carbons (Fsp3) is 0.533. The molecule has 3 N–H and O–H groups in total.